The molecule has 2 rings (SSSR count). The molecule has 0 aromatic heterocycles. The first kappa shape index (κ1) is 25.7. The third-order valence-electron chi connectivity index (χ3n) is 4.50. The predicted molar refractivity (Wildman–Crippen MR) is 122 cm³/mol. The smallest absolute Gasteiger partial charge is 0.338 e. The number of carboxylic acid groups (broad SMARTS) is 1. The highest BCUT2D eigenvalue weighted by molar-refractivity contribution is 7.90. The topological polar surface area (TPSA) is 148 Å². The molecule has 3 N–H and O–H groups in total. The molecule has 0 spiro atoms. The lowest BCUT2D eigenvalue weighted by molar-refractivity contribution is -0.114. The Morgan fingerprint density at radius 2 is 1.82 bits per heavy atom. The van der Waals surface area contributed by atoms with Crippen molar-refractivity contribution in [1.82, 2.24) is 5.32 Å². The molecule has 2 aromatic rings. The maximum absolute atomic E-state index is 13.1. The SMILES string of the molecule is CCOc1cc([C@@H](CS(C)(=O)=O)NC(=O)c2cccc(NC(C)=O)c2C(=O)O)ccc1OC. The van der Waals surface area contributed by atoms with E-state index in [0.29, 0.717) is 23.7 Å². The minimum absolute atomic E-state index is 0.0506. The van der Waals surface area contributed by atoms with Crippen molar-refractivity contribution >= 4 is 33.3 Å². The first-order chi connectivity index (χ1) is 15.5. The van der Waals surface area contributed by atoms with Crippen LogP contribution in [0.2, 0.25) is 0 Å². The highest BCUT2D eigenvalue weighted by Crippen LogP contribution is 2.31. The largest absolute Gasteiger partial charge is 0.493 e. The molecule has 178 valence electrons. The van der Waals surface area contributed by atoms with E-state index < -0.39 is 45.0 Å². The van der Waals surface area contributed by atoms with Crippen molar-refractivity contribution in [1.29, 1.82) is 0 Å². The normalized spacial score (nSPS) is 11.9. The molecule has 11 heteroatoms. The molecule has 2 amide bonds. The van der Waals surface area contributed by atoms with Crippen LogP contribution in [0.3, 0.4) is 0 Å². The molecule has 2 aromatic carbocycles. The van der Waals surface area contributed by atoms with E-state index in [4.69, 9.17) is 9.47 Å². The average Bonchev–Trinajstić information content (AvgIpc) is 2.71. The molecule has 0 radical (unpaired) electrons. The number of carbonyl (C=O) groups excluding carboxylic acids is 2. The number of hydrogen-bond acceptors (Lipinski definition) is 7. The van der Waals surface area contributed by atoms with Gasteiger partial charge in [0.25, 0.3) is 5.91 Å². The summed E-state index contributed by atoms with van der Waals surface area (Å²) in [5, 5.41) is 14.6. The van der Waals surface area contributed by atoms with E-state index in [1.807, 2.05) is 0 Å². The number of methoxy groups -OCH3 is 1. The molecular formula is C22H26N2O8S. The number of anilines is 1. The zero-order valence-electron chi connectivity index (χ0n) is 18.7. The Morgan fingerprint density at radius 3 is 2.36 bits per heavy atom. The molecule has 0 bridgehead atoms. The second-order valence-corrected chi connectivity index (χ2v) is 9.36. The van der Waals surface area contributed by atoms with Gasteiger partial charge in [0.1, 0.15) is 9.84 Å². The van der Waals surface area contributed by atoms with E-state index >= 15 is 0 Å². The molecule has 0 aliphatic carbocycles. The van der Waals surface area contributed by atoms with E-state index in [1.165, 1.54) is 32.2 Å². The van der Waals surface area contributed by atoms with Gasteiger partial charge in [-0.05, 0) is 36.8 Å². The van der Waals surface area contributed by atoms with Crippen LogP contribution in [0, 0.1) is 0 Å². The number of sulfone groups is 1. The van der Waals surface area contributed by atoms with Crippen LogP contribution in [0.1, 0.15) is 46.2 Å². The summed E-state index contributed by atoms with van der Waals surface area (Å²) in [5.74, 6) is -2.39. The molecule has 0 heterocycles. The molecule has 0 saturated heterocycles. The minimum atomic E-state index is -3.55. The third-order valence-corrected chi connectivity index (χ3v) is 5.44. The number of aromatic carboxylic acids is 1. The molecular weight excluding hydrogens is 452 g/mol. The average molecular weight is 479 g/mol. The number of nitrogens with one attached hydrogen (secondary N) is 2. The van der Waals surface area contributed by atoms with Crippen LogP contribution in [-0.4, -0.2) is 57.0 Å². The van der Waals surface area contributed by atoms with Gasteiger partial charge in [0.2, 0.25) is 5.91 Å². The fourth-order valence-electron chi connectivity index (χ4n) is 3.20. The Kier molecular flexibility index (Phi) is 8.41. The number of rotatable bonds is 10. The summed E-state index contributed by atoms with van der Waals surface area (Å²) in [4.78, 5) is 36.3. The van der Waals surface area contributed by atoms with Gasteiger partial charge >= 0.3 is 5.97 Å². The quantitative estimate of drug-likeness (QED) is 0.471. The summed E-state index contributed by atoms with van der Waals surface area (Å²) in [7, 11) is -2.09. The summed E-state index contributed by atoms with van der Waals surface area (Å²) < 4.78 is 34.9. The maximum Gasteiger partial charge on any atom is 0.338 e. The zero-order chi connectivity index (χ0) is 24.8. The van der Waals surface area contributed by atoms with Crippen LogP contribution in [0.15, 0.2) is 36.4 Å². The molecule has 0 aliphatic heterocycles. The summed E-state index contributed by atoms with van der Waals surface area (Å²) in [5.41, 5.74) is -0.267. The van der Waals surface area contributed by atoms with E-state index in [2.05, 4.69) is 10.6 Å². The summed E-state index contributed by atoms with van der Waals surface area (Å²) >= 11 is 0. The van der Waals surface area contributed by atoms with Crippen LogP contribution in [0.25, 0.3) is 0 Å². The fourth-order valence-corrected chi connectivity index (χ4v) is 4.09. The van der Waals surface area contributed by atoms with Crippen LogP contribution >= 0.6 is 0 Å². The van der Waals surface area contributed by atoms with Crippen LogP contribution in [0.5, 0.6) is 11.5 Å². The van der Waals surface area contributed by atoms with E-state index in [-0.39, 0.29) is 11.3 Å². The highest BCUT2D eigenvalue weighted by Gasteiger charge is 2.26. The number of carbonyl (C=O) groups is 3. The van der Waals surface area contributed by atoms with Crippen molar-refractivity contribution in [3.05, 3.63) is 53.1 Å². The van der Waals surface area contributed by atoms with E-state index in [1.54, 1.807) is 25.1 Å². The Bertz CT molecular complexity index is 1160. The van der Waals surface area contributed by atoms with E-state index in [0.717, 1.165) is 6.26 Å². The summed E-state index contributed by atoms with van der Waals surface area (Å²) in [6.45, 7) is 3.32. The van der Waals surface area contributed by atoms with Crippen molar-refractivity contribution < 1.29 is 37.4 Å². The lowest BCUT2D eigenvalue weighted by Crippen LogP contribution is -2.34. The standard InChI is InChI=1S/C22H26N2O8S/c1-5-32-19-11-14(9-10-18(19)31-3)17(12-33(4,29)30)24-21(26)15-7-6-8-16(23-13(2)25)20(15)22(27)28/h6-11,17H,5,12H2,1-4H3,(H,23,25)(H,24,26)(H,27,28)/t17-/m1/s1. The predicted octanol–water partition coefficient (Wildman–Crippen LogP) is 2.27. The second-order valence-electron chi connectivity index (χ2n) is 7.18. The number of amides is 2. The molecule has 0 aliphatic rings. The Labute approximate surface area is 191 Å². The summed E-state index contributed by atoms with van der Waals surface area (Å²) in [6.07, 6.45) is 1.03. The molecule has 33 heavy (non-hydrogen) atoms. The highest BCUT2D eigenvalue weighted by atomic mass is 32.2. The molecule has 0 unspecified atom stereocenters. The molecule has 10 nitrogen and oxygen atoms in total. The van der Waals surface area contributed by atoms with Gasteiger partial charge in [0.05, 0.1) is 42.3 Å². The third kappa shape index (κ3) is 6.94. The maximum atomic E-state index is 13.1. The molecule has 0 saturated carbocycles. The molecule has 0 fully saturated rings. The summed E-state index contributed by atoms with van der Waals surface area (Å²) in [6, 6.07) is 7.77. The van der Waals surface area contributed by atoms with Gasteiger partial charge in [-0.3, -0.25) is 9.59 Å². The van der Waals surface area contributed by atoms with Crippen molar-refractivity contribution in [3.63, 3.8) is 0 Å². The van der Waals surface area contributed by atoms with Crippen molar-refractivity contribution in [3.8, 4) is 11.5 Å². The fraction of sp³-hybridized carbons (Fsp3) is 0.318. The first-order valence-electron chi connectivity index (χ1n) is 9.90. The van der Waals surface area contributed by atoms with Gasteiger partial charge in [-0.2, -0.15) is 0 Å². The molecule has 1 atom stereocenters. The van der Waals surface area contributed by atoms with Crippen LogP contribution < -0.4 is 20.1 Å². The van der Waals surface area contributed by atoms with Gasteiger partial charge < -0.3 is 25.2 Å². The minimum Gasteiger partial charge on any atom is -0.493 e. The van der Waals surface area contributed by atoms with E-state index in [9.17, 15) is 27.9 Å². The van der Waals surface area contributed by atoms with Crippen molar-refractivity contribution in [2.24, 2.45) is 0 Å². The van der Waals surface area contributed by atoms with Gasteiger partial charge in [0.15, 0.2) is 11.5 Å². The van der Waals surface area contributed by atoms with Gasteiger partial charge in [0, 0.05) is 13.2 Å². The Hall–Kier alpha value is -3.60. The number of hydrogen-bond donors (Lipinski definition) is 3. The Balaban J connectivity index is 2.51. The second kappa shape index (κ2) is 10.8. The van der Waals surface area contributed by atoms with Gasteiger partial charge in [-0.25, -0.2) is 13.2 Å². The zero-order valence-corrected chi connectivity index (χ0v) is 19.5. The lowest BCUT2D eigenvalue weighted by Gasteiger charge is -2.21. The number of benzene rings is 2. The van der Waals surface area contributed by atoms with Crippen LogP contribution in [-0.2, 0) is 14.6 Å². The van der Waals surface area contributed by atoms with Gasteiger partial charge in [-0.15, -0.1) is 0 Å². The number of ether oxygens (including phenoxy) is 2. The number of carboxylic acids is 1. The monoisotopic (exact) mass is 478 g/mol. The van der Waals surface area contributed by atoms with Crippen molar-refractivity contribution in [2.75, 3.05) is 31.0 Å². The Morgan fingerprint density at radius 1 is 1.12 bits per heavy atom. The van der Waals surface area contributed by atoms with Crippen LogP contribution in [0.4, 0.5) is 5.69 Å². The van der Waals surface area contributed by atoms with Gasteiger partial charge in [-0.1, -0.05) is 12.1 Å². The lowest BCUT2D eigenvalue weighted by atomic mass is 10.0. The van der Waals surface area contributed by atoms with Crippen molar-refractivity contribution in [2.45, 2.75) is 19.9 Å². The first-order valence-corrected chi connectivity index (χ1v) is 12.0.